The predicted octanol–water partition coefficient (Wildman–Crippen LogP) is 2.36. The van der Waals surface area contributed by atoms with E-state index in [1.54, 1.807) is 11.0 Å². The van der Waals surface area contributed by atoms with E-state index in [1.807, 2.05) is 31.3 Å². The van der Waals surface area contributed by atoms with Crippen LogP contribution >= 0.6 is 11.6 Å². The molecule has 4 nitrogen and oxygen atoms in total. The topological polar surface area (TPSA) is 42.7 Å². The van der Waals surface area contributed by atoms with Crippen LogP contribution in [0.2, 0.25) is 5.02 Å². The van der Waals surface area contributed by atoms with Crippen LogP contribution in [0.5, 0.6) is 0 Å². The zero-order valence-electron chi connectivity index (χ0n) is 10.6. The van der Waals surface area contributed by atoms with Gasteiger partial charge in [-0.05, 0) is 18.6 Å². The third-order valence-corrected chi connectivity index (χ3v) is 3.16. The maximum atomic E-state index is 6.15. The van der Waals surface area contributed by atoms with Crippen molar-refractivity contribution in [1.29, 1.82) is 0 Å². The first-order valence-electron chi connectivity index (χ1n) is 5.99. The smallest absolute Gasteiger partial charge is 0.151 e. The van der Waals surface area contributed by atoms with Gasteiger partial charge in [0.15, 0.2) is 5.82 Å². The van der Waals surface area contributed by atoms with Crippen LogP contribution in [0.25, 0.3) is 0 Å². The van der Waals surface area contributed by atoms with Crippen LogP contribution in [0.15, 0.2) is 30.6 Å². The number of aryl methyl sites for hydroxylation is 1. The van der Waals surface area contributed by atoms with E-state index in [0.717, 1.165) is 29.4 Å². The first-order chi connectivity index (χ1) is 8.66. The molecule has 0 aliphatic rings. The van der Waals surface area contributed by atoms with Gasteiger partial charge in [-0.15, -0.1) is 0 Å². The van der Waals surface area contributed by atoms with Gasteiger partial charge in [0.05, 0.1) is 0 Å². The molecule has 0 fully saturated rings. The van der Waals surface area contributed by atoms with Crippen LogP contribution in [0.4, 0.5) is 0 Å². The van der Waals surface area contributed by atoms with Gasteiger partial charge in [0.25, 0.3) is 0 Å². The Morgan fingerprint density at radius 1 is 1.39 bits per heavy atom. The van der Waals surface area contributed by atoms with E-state index in [0.29, 0.717) is 0 Å². The molecule has 2 rings (SSSR count). The van der Waals surface area contributed by atoms with Crippen LogP contribution in [0.3, 0.4) is 0 Å². The summed E-state index contributed by atoms with van der Waals surface area (Å²) in [5.74, 6) is 0.858. The van der Waals surface area contributed by atoms with Gasteiger partial charge in [-0.1, -0.05) is 29.8 Å². The highest BCUT2D eigenvalue weighted by molar-refractivity contribution is 6.31. The van der Waals surface area contributed by atoms with Crippen molar-refractivity contribution in [1.82, 2.24) is 20.1 Å². The molecule has 0 aliphatic carbocycles. The Morgan fingerprint density at radius 2 is 2.17 bits per heavy atom. The van der Waals surface area contributed by atoms with Crippen molar-refractivity contribution in [3.05, 3.63) is 47.0 Å². The highest BCUT2D eigenvalue weighted by Crippen LogP contribution is 2.21. The molecule has 0 saturated heterocycles. The van der Waals surface area contributed by atoms with Crippen LogP contribution in [-0.2, 0) is 13.5 Å². The van der Waals surface area contributed by atoms with E-state index < -0.39 is 0 Å². The molecular formula is C13H17ClN4. The van der Waals surface area contributed by atoms with E-state index in [1.165, 1.54) is 0 Å². The van der Waals surface area contributed by atoms with Gasteiger partial charge in [-0.25, -0.2) is 4.98 Å². The molecule has 96 valence electrons. The fourth-order valence-corrected chi connectivity index (χ4v) is 2.13. The first kappa shape index (κ1) is 13.1. The summed E-state index contributed by atoms with van der Waals surface area (Å²) in [5, 5.41) is 8.46. The van der Waals surface area contributed by atoms with Crippen molar-refractivity contribution in [2.75, 3.05) is 6.54 Å². The summed E-state index contributed by atoms with van der Waals surface area (Å²) in [6.07, 6.45) is 2.53. The molecule has 2 aromatic rings. The number of halogens is 1. The quantitative estimate of drug-likeness (QED) is 0.902. The number of rotatable bonds is 5. The van der Waals surface area contributed by atoms with E-state index in [-0.39, 0.29) is 6.04 Å². The zero-order valence-corrected chi connectivity index (χ0v) is 11.4. The Morgan fingerprint density at radius 3 is 2.83 bits per heavy atom. The lowest BCUT2D eigenvalue weighted by Crippen LogP contribution is -2.22. The van der Waals surface area contributed by atoms with Gasteiger partial charge in [0.2, 0.25) is 0 Å². The molecular weight excluding hydrogens is 248 g/mol. The van der Waals surface area contributed by atoms with E-state index in [2.05, 4.69) is 22.3 Å². The standard InChI is InChI=1S/C13H17ClN4/c1-10(11-5-3-4-6-12(11)14)15-8-7-13-16-9-18(2)17-13/h3-6,9-10,15H,7-8H2,1-2H3. The highest BCUT2D eigenvalue weighted by atomic mass is 35.5. The van der Waals surface area contributed by atoms with E-state index >= 15 is 0 Å². The van der Waals surface area contributed by atoms with Gasteiger partial charge in [-0.3, -0.25) is 4.68 Å². The fraction of sp³-hybridized carbons (Fsp3) is 0.385. The molecule has 0 saturated carbocycles. The first-order valence-corrected chi connectivity index (χ1v) is 6.37. The second kappa shape index (κ2) is 5.98. The molecule has 1 aromatic heterocycles. The molecule has 18 heavy (non-hydrogen) atoms. The van der Waals surface area contributed by atoms with Crippen LogP contribution in [-0.4, -0.2) is 21.3 Å². The van der Waals surface area contributed by atoms with Crippen molar-refractivity contribution in [2.45, 2.75) is 19.4 Å². The molecule has 0 bridgehead atoms. The van der Waals surface area contributed by atoms with Crippen LogP contribution in [0, 0.1) is 0 Å². The molecule has 0 spiro atoms. The number of aromatic nitrogens is 3. The summed E-state index contributed by atoms with van der Waals surface area (Å²) >= 11 is 6.15. The largest absolute Gasteiger partial charge is 0.310 e. The number of hydrogen-bond donors (Lipinski definition) is 1. The Hall–Kier alpha value is -1.39. The Labute approximate surface area is 112 Å². The minimum absolute atomic E-state index is 0.224. The summed E-state index contributed by atoms with van der Waals surface area (Å²) in [6, 6.07) is 8.12. The number of nitrogens with one attached hydrogen (secondary N) is 1. The molecule has 0 amide bonds. The molecule has 1 unspecified atom stereocenters. The minimum Gasteiger partial charge on any atom is -0.310 e. The molecule has 0 radical (unpaired) electrons. The minimum atomic E-state index is 0.224. The molecule has 1 heterocycles. The fourth-order valence-electron chi connectivity index (χ4n) is 1.84. The lowest BCUT2D eigenvalue weighted by Gasteiger charge is -2.14. The average Bonchev–Trinajstić information content (AvgIpc) is 2.75. The van der Waals surface area contributed by atoms with E-state index in [9.17, 15) is 0 Å². The SMILES string of the molecule is CC(NCCc1ncn(C)n1)c1ccccc1Cl. The van der Waals surface area contributed by atoms with Crippen LogP contribution in [0.1, 0.15) is 24.4 Å². The zero-order chi connectivity index (χ0) is 13.0. The molecule has 1 N–H and O–H groups in total. The number of hydrogen-bond acceptors (Lipinski definition) is 3. The van der Waals surface area contributed by atoms with Gasteiger partial charge in [-0.2, -0.15) is 5.10 Å². The van der Waals surface area contributed by atoms with Crippen molar-refractivity contribution in [2.24, 2.45) is 7.05 Å². The Bertz CT molecular complexity index is 509. The summed E-state index contributed by atoms with van der Waals surface area (Å²) in [5.41, 5.74) is 1.12. The normalized spacial score (nSPS) is 12.6. The van der Waals surface area contributed by atoms with Gasteiger partial charge < -0.3 is 5.32 Å². The second-order valence-electron chi connectivity index (χ2n) is 4.28. The number of nitrogens with zero attached hydrogens (tertiary/aromatic N) is 3. The molecule has 1 aromatic carbocycles. The van der Waals surface area contributed by atoms with Crippen molar-refractivity contribution >= 4 is 11.6 Å². The third kappa shape index (κ3) is 3.31. The molecule has 5 heteroatoms. The summed E-state index contributed by atoms with van der Waals surface area (Å²) in [4.78, 5) is 4.19. The van der Waals surface area contributed by atoms with Crippen molar-refractivity contribution in [3.8, 4) is 0 Å². The predicted molar refractivity (Wildman–Crippen MR) is 72.6 cm³/mol. The van der Waals surface area contributed by atoms with Gasteiger partial charge in [0.1, 0.15) is 6.33 Å². The van der Waals surface area contributed by atoms with E-state index in [4.69, 9.17) is 11.6 Å². The van der Waals surface area contributed by atoms with Crippen molar-refractivity contribution in [3.63, 3.8) is 0 Å². The summed E-state index contributed by atoms with van der Waals surface area (Å²) in [6.45, 7) is 2.93. The Kier molecular flexibility index (Phi) is 4.33. The van der Waals surface area contributed by atoms with Crippen molar-refractivity contribution < 1.29 is 0 Å². The lowest BCUT2D eigenvalue weighted by molar-refractivity contribution is 0.568. The lowest BCUT2D eigenvalue weighted by atomic mass is 10.1. The molecule has 1 atom stereocenters. The second-order valence-corrected chi connectivity index (χ2v) is 4.69. The molecule has 0 aliphatic heterocycles. The van der Waals surface area contributed by atoms with Gasteiger partial charge >= 0.3 is 0 Å². The maximum Gasteiger partial charge on any atom is 0.151 e. The summed E-state index contributed by atoms with van der Waals surface area (Å²) < 4.78 is 1.72. The Balaban J connectivity index is 1.85. The summed E-state index contributed by atoms with van der Waals surface area (Å²) in [7, 11) is 1.87. The third-order valence-electron chi connectivity index (χ3n) is 2.82. The number of benzene rings is 1. The van der Waals surface area contributed by atoms with Crippen LogP contribution < -0.4 is 5.32 Å². The van der Waals surface area contributed by atoms with Gasteiger partial charge in [0, 0.05) is 31.1 Å². The highest BCUT2D eigenvalue weighted by Gasteiger charge is 2.08. The average molecular weight is 265 g/mol. The maximum absolute atomic E-state index is 6.15. The monoisotopic (exact) mass is 264 g/mol.